The van der Waals surface area contributed by atoms with Crippen LogP contribution in [0.3, 0.4) is 0 Å². The van der Waals surface area contributed by atoms with Crippen molar-refractivity contribution in [2.75, 3.05) is 13.2 Å². The lowest BCUT2D eigenvalue weighted by Crippen LogP contribution is -2.11. The Bertz CT molecular complexity index is 299. The first-order valence-corrected chi connectivity index (χ1v) is 5.80. The molecule has 0 aliphatic heterocycles. The van der Waals surface area contributed by atoms with Crippen molar-refractivity contribution in [3.8, 4) is 11.5 Å². The normalized spacial score (nSPS) is 10.6. The quantitative estimate of drug-likeness (QED) is 0.805. The molecule has 0 amide bonds. The molecule has 0 radical (unpaired) electrons. The third-order valence-corrected chi connectivity index (χ3v) is 2.13. The lowest BCUT2D eigenvalue weighted by atomic mass is 10.1. The molecule has 0 saturated carbocycles. The molecule has 0 atom stereocenters. The van der Waals surface area contributed by atoms with Gasteiger partial charge in [-0.3, -0.25) is 0 Å². The lowest BCUT2D eigenvalue weighted by Gasteiger charge is -2.17. The molecular weight excluding hydrogens is 202 g/mol. The minimum atomic E-state index is 0.137. The molecule has 1 rings (SSSR count). The highest BCUT2D eigenvalue weighted by Gasteiger charge is 2.11. The van der Waals surface area contributed by atoms with E-state index in [-0.39, 0.29) is 6.10 Å². The van der Waals surface area contributed by atoms with Gasteiger partial charge in [0.05, 0.1) is 12.7 Å². The fourth-order valence-electron chi connectivity index (χ4n) is 1.55. The highest BCUT2D eigenvalue weighted by Crippen LogP contribution is 2.32. The van der Waals surface area contributed by atoms with Gasteiger partial charge in [0.25, 0.3) is 0 Å². The molecule has 0 aliphatic carbocycles. The summed E-state index contributed by atoms with van der Waals surface area (Å²) >= 11 is 0. The topological polar surface area (TPSA) is 44.5 Å². The van der Waals surface area contributed by atoms with Crippen LogP contribution in [0.2, 0.25) is 0 Å². The van der Waals surface area contributed by atoms with Crippen LogP contribution in [0.1, 0.15) is 26.3 Å². The molecule has 0 aliphatic rings. The largest absolute Gasteiger partial charge is 0.490 e. The second-order valence-corrected chi connectivity index (χ2v) is 3.88. The van der Waals surface area contributed by atoms with Crippen LogP contribution in [0.15, 0.2) is 18.2 Å². The molecule has 0 aromatic heterocycles. The molecule has 0 bridgehead atoms. The Kier molecular flexibility index (Phi) is 5.12. The van der Waals surface area contributed by atoms with Gasteiger partial charge in [-0.05, 0) is 45.4 Å². The summed E-state index contributed by atoms with van der Waals surface area (Å²) in [6.07, 6.45) is 0.946. The molecule has 3 nitrogen and oxygen atoms in total. The molecule has 3 heteroatoms. The van der Waals surface area contributed by atoms with Gasteiger partial charge in [-0.1, -0.05) is 12.1 Å². The van der Waals surface area contributed by atoms with E-state index in [2.05, 4.69) is 0 Å². The molecule has 0 heterocycles. The van der Waals surface area contributed by atoms with Crippen LogP contribution in [0, 0.1) is 0 Å². The molecule has 16 heavy (non-hydrogen) atoms. The van der Waals surface area contributed by atoms with Crippen LogP contribution in [-0.4, -0.2) is 19.3 Å². The monoisotopic (exact) mass is 223 g/mol. The van der Waals surface area contributed by atoms with Crippen molar-refractivity contribution in [3.63, 3.8) is 0 Å². The second-order valence-electron chi connectivity index (χ2n) is 3.88. The van der Waals surface area contributed by atoms with Gasteiger partial charge in [0.15, 0.2) is 11.5 Å². The van der Waals surface area contributed by atoms with Crippen molar-refractivity contribution in [1.82, 2.24) is 0 Å². The second kappa shape index (κ2) is 6.38. The number of para-hydroxylation sites is 1. The molecule has 0 saturated heterocycles. The maximum absolute atomic E-state index is 5.80. The average molecular weight is 223 g/mol. The van der Waals surface area contributed by atoms with E-state index in [0.29, 0.717) is 13.2 Å². The predicted octanol–water partition coefficient (Wildman–Crippen LogP) is 2.37. The Hall–Kier alpha value is -1.22. The molecule has 90 valence electrons. The van der Waals surface area contributed by atoms with Crippen LogP contribution in [0.25, 0.3) is 0 Å². The number of nitrogens with two attached hydrogens (primary N) is 1. The van der Waals surface area contributed by atoms with Gasteiger partial charge in [-0.2, -0.15) is 0 Å². The number of rotatable bonds is 6. The molecule has 1 aromatic rings. The standard InChI is InChI=1S/C13H21NO2/c1-4-15-12-7-5-6-11(8-9-14)13(12)16-10(2)3/h5-7,10H,4,8-9,14H2,1-3H3. The van der Waals surface area contributed by atoms with Crippen LogP contribution in [0.5, 0.6) is 11.5 Å². The first kappa shape index (κ1) is 12.8. The highest BCUT2D eigenvalue weighted by atomic mass is 16.5. The van der Waals surface area contributed by atoms with Crippen LogP contribution in [-0.2, 0) is 6.42 Å². The number of hydrogen-bond donors (Lipinski definition) is 1. The summed E-state index contributed by atoms with van der Waals surface area (Å²) < 4.78 is 11.4. The van der Waals surface area contributed by atoms with Gasteiger partial charge in [0, 0.05) is 0 Å². The Balaban J connectivity index is 3.01. The van der Waals surface area contributed by atoms with Gasteiger partial charge in [0.2, 0.25) is 0 Å². The Morgan fingerprint density at radius 3 is 2.62 bits per heavy atom. The summed E-state index contributed by atoms with van der Waals surface area (Å²) in [5.41, 5.74) is 6.70. The van der Waals surface area contributed by atoms with Crippen molar-refractivity contribution >= 4 is 0 Å². The van der Waals surface area contributed by atoms with Gasteiger partial charge in [-0.15, -0.1) is 0 Å². The van der Waals surface area contributed by atoms with E-state index < -0.39 is 0 Å². The van der Waals surface area contributed by atoms with E-state index in [1.807, 2.05) is 39.0 Å². The van der Waals surface area contributed by atoms with Gasteiger partial charge < -0.3 is 15.2 Å². The SMILES string of the molecule is CCOc1cccc(CCN)c1OC(C)C. The number of hydrogen-bond acceptors (Lipinski definition) is 3. The first-order chi connectivity index (χ1) is 7.69. The summed E-state index contributed by atoms with van der Waals surface area (Å²) in [4.78, 5) is 0. The Labute approximate surface area is 97.6 Å². The Morgan fingerprint density at radius 1 is 1.31 bits per heavy atom. The van der Waals surface area contributed by atoms with Crippen LogP contribution in [0.4, 0.5) is 0 Å². The highest BCUT2D eigenvalue weighted by molar-refractivity contribution is 5.47. The summed E-state index contributed by atoms with van der Waals surface area (Å²) in [6, 6.07) is 5.94. The summed E-state index contributed by atoms with van der Waals surface area (Å²) in [5.74, 6) is 1.65. The van der Waals surface area contributed by atoms with E-state index in [1.54, 1.807) is 0 Å². The van der Waals surface area contributed by atoms with Crippen molar-refractivity contribution in [3.05, 3.63) is 23.8 Å². The first-order valence-electron chi connectivity index (χ1n) is 5.80. The van der Waals surface area contributed by atoms with Crippen molar-refractivity contribution in [1.29, 1.82) is 0 Å². The minimum Gasteiger partial charge on any atom is -0.490 e. The van der Waals surface area contributed by atoms with E-state index in [0.717, 1.165) is 23.5 Å². The summed E-state index contributed by atoms with van der Waals surface area (Å²) in [7, 11) is 0. The van der Waals surface area contributed by atoms with E-state index in [4.69, 9.17) is 15.2 Å². The zero-order chi connectivity index (χ0) is 12.0. The fraction of sp³-hybridized carbons (Fsp3) is 0.538. The minimum absolute atomic E-state index is 0.137. The Morgan fingerprint density at radius 2 is 2.06 bits per heavy atom. The smallest absolute Gasteiger partial charge is 0.164 e. The lowest BCUT2D eigenvalue weighted by molar-refractivity contribution is 0.221. The third-order valence-electron chi connectivity index (χ3n) is 2.13. The van der Waals surface area contributed by atoms with Crippen molar-refractivity contribution in [2.45, 2.75) is 33.3 Å². The van der Waals surface area contributed by atoms with Gasteiger partial charge in [-0.25, -0.2) is 0 Å². The van der Waals surface area contributed by atoms with Crippen molar-refractivity contribution in [2.24, 2.45) is 5.73 Å². The van der Waals surface area contributed by atoms with Crippen LogP contribution < -0.4 is 15.2 Å². The van der Waals surface area contributed by atoms with E-state index in [1.165, 1.54) is 0 Å². The molecule has 0 unspecified atom stereocenters. The molecule has 1 aromatic carbocycles. The maximum Gasteiger partial charge on any atom is 0.164 e. The zero-order valence-corrected chi connectivity index (χ0v) is 10.3. The summed E-state index contributed by atoms with van der Waals surface area (Å²) in [6.45, 7) is 7.24. The third kappa shape index (κ3) is 3.42. The molecule has 0 spiro atoms. The molecule has 2 N–H and O–H groups in total. The number of ether oxygens (including phenoxy) is 2. The fourth-order valence-corrected chi connectivity index (χ4v) is 1.55. The van der Waals surface area contributed by atoms with Gasteiger partial charge >= 0.3 is 0 Å². The number of benzene rings is 1. The maximum atomic E-state index is 5.80. The van der Waals surface area contributed by atoms with E-state index >= 15 is 0 Å². The zero-order valence-electron chi connectivity index (χ0n) is 10.3. The summed E-state index contributed by atoms with van der Waals surface area (Å²) in [5, 5.41) is 0. The predicted molar refractivity (Wildman–Crippen MR) is 66.1 cm³/mol. The van der Waals surface area contributed by atoms with Crippen LogP contribution >= 0.6 is 0 Å². The molecule has 0 fully saturated rings. The molecular formula is C13H21NO2. The van der Waals surface area contributed by atoms with Gasteiger partial charge in [0.1, 0.15) is 0 Å². The van der Waals surface area contributed by atoms with Crippen molar-refractivity contribution < 1.29 is 9.47 Å². The average Bonchev–Trinajstić information content (AvgIpc) is 2.23. The van der Waals surface area contributed by atoms with E-state index in [9.17, 15) is 0 Å².